The molecule has 0 bridgehead atoms. The highest BCUT2D eigenvalue weighted by molar-refractivity contribution is 6.30. The molecule has 9 heteroatoms. The number of carbonyl (C=O) groups is 2. The third kappa shape index (κ3) is 6.57. The number of carbonyl (C=O) groups excluding carboxylic acids is 2. The van der Waals surface area contributed by atoms with Crippen LogP contribution in [0.2, 0.25) is 5.02 Å². The molecule has 0 saturated carbocycles. The number of hydrogen-bond acceptors (Lipinski definition) is 5. The number of benzene rings is 3. The number of aliphatic hydroxyl groups excluding tert-OH is 1. The molecule has 3 aromatic rings. The van der Waals surface area contributed by atoms with Gasteiger partial charge in [-0.2, -0.15) is 0 Å². The SMILES string of the molecule is N=C(N)c1ccc(CNC(=O)c2cccc(Cl)c2)c(NCC(=O)N(CCO)c2ccccc2)c1. The van der Waals surface area contributed by atoms with Crippen molar-refractivity contribution >= 4 is 40.6 Å². The number of nitrogens with one attached hydrogen (secondary N) is 3. The van der Waals surface area contributed by atoms with E-state index in [0.29, 0.717) is 33.1 Å². The zero-order valence-corrected chi connectivity index (χ0v) is 19.2. The Bertz CT molecular complexity index is 1170. The van der Waals surface area contributed by atoms with Crippen molar-refractivity contribution in [2.24, 2.45) is 5.73 Å². The van der Waals surface area contributed by atoms with Gasteiger partial charge in [0.2, 0.25) is 5.91 Å². The number of aliphatic hydroxyl groups is 1. The van der Waals surface area contributed by atoms with Gasteiger partial charge in [0, 0.05) is 40.6 Å². The molecule has 0 radical (unpaired) electrons. The number of hydrogen-bond donors (Lipinski definition) is 5. The Balaban J connectivity index is 1.75. The summed E-state index contributed by atoms with van der Waals surface area (Å²) in [6.07, 6.45) is 0. The number of nitrogens with two attached hydrogens (primary N) is 1. The second-order valence-corrected chi connectivity index (χ2v) is 7.87. The summed E-state index contributed by atoms with van der Waals surface area (Å²) < 4.78 is 0. The summed E-state index contributed by atoms with van der Waals surface area (Å²) in [4.78, 5) is 26.9. The fourth-order valence-corrected chi connectivity index (χ4v) is 3.53. The molecule has 0 fully saturated rings. The molecule has 0 heterocycles. The van der Waals surface area contributed by atoms with Crippen LogP contribution in [0.5, 0.6) is 0 Å². The molecular formula is C25H26ClN5O3. The van der Waals surface area contributed by atoms with Crippen LogP contribution in [0.3, 0.4) is 0 Å². The van der Waals surface area contributed by atoms with E-state index in [1.807, 2.05) is 18.2 Å². The van der Waals surface area contributed by atoms with E-state index in [1.165, 1.54) is 4.90 Å². The maximum absolute atomic E-state index is 12.9. The van der Waals surface area contributed by atoms with E-state index in [-0.39, 0.29) is 43.9 Å². The predicted molar refractivity (Wildman–Crippen MR) is 134 cm³/mol. The molecule has 0 atom stereocenters. The first-order chi connectivity index (χ1) is 16.4. The second-order valence-electron chi connectivity index (χ2n) is 7.44. The van der Waals surface area contributed by atoms with Crippen LogP contribution in [0, 0.1) is 5.41 Å². The van der Waals surface area contributed by atoms with Crippen LogP contribution >= 0.6 is 11.6 Å². The molecule has 0 spiro atoms. The molecule has 3 rings (SSSR count). The van der Waals surface area contributed by atoms with Crippen LogP contribution in [0.1, 0.15) is 21.5 Å². The Morgan fingerprint density at radius 2 is 1.76 bits per heavy atom. The van der Waals surface area contributed by atoms with Crippen LogP contribution < -0.4 is 21.3 Å². The molecule has 3 aromatic carbocycles. The Labute approximate surface area is 202 Å². The molecule has 6 N–H and O–H groups in total. The Kier molecular flexibility index (Phi) is 8.61. The molecule has 8 nitrogen and oxygen atoms in total. The van der Waals surface area contributed by atoms with Crippen LogP contribution in [-0.4, -0.2) is 42.5 Å². The third-order valence-corrected chi connectivity index (χ3v) is 5.30. The molecule has 0 aliphatic carbocycles. The number of para-hydroxylation sites is 1. The maximum Gasteiger partial charge on any atom is 0.251 e. The van der Waals surface area contributed by atoms with E-state index in [0.717, 1.165) is 0 Å². The smallest absolute Gasteiger partial charge is 0.251 e. The van der Waals surface area contributed by atoms with Gasteiger partial charge >= 0.3 is 0 Å². The highest BCUT2D eigenvalue weighted by Gasteiger charge is 2.16. The first kappa shape index (κ1) is 24.8. The van der Waals surface area contributed by atoms with Gasteiger partial charge in [0.05, 0.1) is 13.2 Å². The standard InChI is InChI=1S/C25H26ClN5O3/c26-20-6-4-5-18(13-20)25(34)30-15-19-10-9-17(24(27)28)14-22(19)29-16-23(33)31(11-12-32)21-7-2-1-3-8-21/h1-10,13-14,29,32H,11-12,15-16H2,(H3,27,28)(H,30,34). The number of amidine groups is 1. The minimum atomic E-state index is -0.293. The van der Waals surface area contributed by atoms with Gasteiger partial charge in [-0.05, 0) is 42.0 Å². The lowest BCUT2D eigenvalue weighted by Crippen LogP contribution is -2.37. The lowest BCUT2D eigenvalue weighted by atomic mass is 10.1. The molecule has 0 saturated heterocycles. The number of nitrogens with zero attached hydrogens (tertiary/aromatic N) is 1. The van der Waals surface area contributed by atoms with Crippen LogP contribution in [-0.2, 0) is 11.3 Å². The van der Waals surface area contributed by atoms with Crippen LogP contribution in [0.15, 0.2) is 72.8 Å². The van der Waals surface area contributed by atoms with Crippen molar-refractivity contribution in [2.75, 3.05) is 29.9 Å². The van der Waals surface area contributed by atoms with Crippen molar-refractivity contribution in [3.05, 3.63) is 94.5 Å². The second kappa shape index (κ2) is 11.8. The van der Waals surface area contributed by atoms with Gasteiger partial charge in [-0.3, -0.25) is 15.0 Å². The Morgan fingerprint density at radius 1 is 1.00 bits per heavy atom. The normalized spacial score (nSPS) is 10.4. The van der Waals surface area contributed by atoms with E-state index in [1.54, 1.807) is 54.6 Å². The van der Waals surface area contributed by atoms with Gasteiger partial charge in [0.15, 0.2) is 0 Å². The third-order valence-electron chi connectivity index (χ3n) is 5.07. The minimum Gasteiger partial charge on any atom is -0.395 e. The summed E-state index contributed by atoms with van der Waals surface area (Å²) in [5.41, 5.74) is 8.49. The van der Waals surface area contributed by atoms with Gasteiger partial charge in [-0.1, -0.05) is 48.0 Å². The van der Waals surface area contributed by atoms with Crippen molar-refractivity contribution in [3.8, 4) is 0 Å². The van der Waals surface area contributed by atoms with Crippen molar-refractivity contribution in [1.82, 2.24) is 5.32 Å². The Hall–Kier alpha value is -3.88. The molecule has 0 aliphatic rings. The Morgan fingerprint density at radius 3 is 2.44 bits per heavy atom. The zero-order chi connectivity index (χ0) is 24.5. The molecule has 0 aromatic heterocycles. The average Bonchev–Trinajstić information content (AvgIpc) is 2.85. The zero-order valence-electron chi connectivity index (χ0n) is 18.4. The molecule has 176 valence electrons. The lowest BCUT2D eigenvalue weighted by molar-refractivity contribution is -0.117. The van der Waals surface area contributed by atoms with E-state index in [2.05, 4.69) is 10.6 Å². The first-order valence-corrected chi connectivity index (χ1v) is 11.0. The van der Waals surface area contributed by atoms with Gasteiger partial charge in [-0.25, -0.2) is 0 Å². The van der Waals surface area contributed by atoms with Crippen molar-refractivity contribution in [3.63, 3.8) is 0 Å². The van der Waals surface area contributed by atoms with Crippen LogP contribution in [0.25, 0.3) is 0 Å². The van der Waals surface area contributed by atoms with Crippen molar-refractivity contribution < 1.29 is 14.7 Å². The summed E-state index contributed by atoms with van der Waals surface area (Å²) in [6, 6.07) is 20.8. The topological polar surface area (TPSA) is 132 Å². The van der Waals surface area contributed by atoms with Gasteiger partial charge in [-0.15, -0.1) is 0 Å². The van der Waals surface area contributed by atoms with Crippen molar-refractivity contribution in [1.29, 1.82) is 5.41 Å². The van der Waals surface area contributed by atoms with Gasteiger partial charge in [0.25, 0.3) is 5.91 Å². The van der Waals surface area contributed by atoms with E-state index >= 15 is 0 Å². The fraction of sp³-hybridized carbons (Fsp3) is 0.160. The van der Waals surface area contributed by atoms with Gasteiger partial charge < -0.3 is 26.4 Å². The average molecular weight is 480 g/mol. The van der Waals surface area contributed by atoms with E-state index < -0.39 is 0 Å². The fourth-order valence-electron chi connectivity index (χ4n) is 3.34. The number of nitrogen functional groups attached to an aromatic ring is 1. The number of amides is 2. The van der Waals surface area contributed by atoms with Crippen LogP contribution in [0.4, 0.5) is 11.4 Å². The monoisotopic (exact) mass is 479 g/mol. The highest BCUT2D eigenvalue weighted by Crippen LogP contribution is 2.19. The molecule has 0 aliphatic heterocycles. The molecule has 2 amide bonds. The maximum atomic E-state index is 12.9. The predicted octanol–water partition coefficient (Wildman–Crippen LogP) is 2.99. The molecule has 34 heavy (non-hydrogen) atoms. The molecular weight excluding hydrogens is 454 g/mol. The number of halogens is 1. The summed E-state index contributed by atoms with van der Waals surface area (Å²) in [5, 5.41) is 23.5. The van der Waals surface area contributed by atoms with E-state index in [9.17, 15) is 14.7 Å². The van der Waals surface area contributed by atoms with E-state index in [4.69, 9.17) is 22.7 Å². The van der Waals surface area contributed by atoms with Crippen molar-refractivity contribution in [2.45, 2.75) is 6.54 Å². The van der Waals surface area contributed by atoms with Gasteiger partial charge in [0.1, 0.15) is 5.84 Å². The minimum absolute atomic E-state index is 0.0640. The summed E-state index contributed by atoms with van der Waals surface area (Å²) in [5.74, 6) is -0.657. The number of anilines is 2. The largest absolute Gasteiger partial charge is 0.395 e. The first-order valence-electron chi connectivity index (χ1n) is 10.6. The summed E-state index contributed by atoms with van der Waals surface area (Å²) >= 11 is 5.97. The summed E-state index contributed by atoms with van der Waals surface area (Å²) in [6.45, 7) is 0.0897. The molecule has 0 unspecified atom stereocenters. The lowest BCUT2D eigenvalue weighted by Gasteiger charge is -2.23. The number of rotatable bonds is 10. The summed E-state index contributed by atoms with van der Waals surface area (Å²) in [7, 11) is 0. The quantitative estimate of drug-likeness (QED) is 0.225. The highest BCUT2D eigenvalue weighted by atomic mass is 35.5.